The van der Waals surface area contributed by atoms with Crippen LogP contribution in [-0.2, 0) is 10.3 Å². The van der Waals surface area contributed by atoms with Crippen LogP contribution in [0.15, 0.2) is 60.7 Å². The molecule has 1 aliphatic rings. The molecule has 0 saturated carbocycles. The Morgan fingerprint density at radius 3 is 1.96 bits per heavy atom. The van der Waals surface area contributed by atoms with Gasteiger partial charge in [0.15, 0.2) is 0 Å². The number of rotatable bonds is 6. The highest BCUT2D eigenvalue weighted by Gasteiger charge is 2.29. The summed E-state index contributed by atoms with van der Waals surface area (Å²) < 4.78 is 6.44. The van der Waals surface area contributed by atoms with E-state index in [4.69, 9.17) is 4.74 Å². The number of ether oxygens (including phenoxy) is 1. The van der Waals surface area contributed by atoms with Crippen LogP contribution >= 0.6 is 0 Å². The van der Waals surface area contributed by atoms with Gasteiger partial charge in [0, 0.05) is 32.7 Å². The maximum Gasteiger partial charge on any atom is 0.115 e. The molecule has 1 heterocycles. The van der Waals surface area contributed by atoms with Crippen LogP contribution in [0.5, 0.6) is 0 Å². The Labute approximate surface area is 139 Å². The summed E-state index contributed by atoms with van der Waals surface area (Å²) in [4.78, 5) is 2.47. The van der Waals surface area contributed by atoms with Crippen LogP contribution in [0.4, 0.5) is 0 Å². The molecule has 3 rings (SSSR count). The summed E-state index contributed by atoms with van der Waals surface area (Å²) in [6, 6.07) is 21.0. The van der Waals surface area contributed by atoms with Crippen molar-refractivity contribution in [3.05, 3.63) is 71.8 Å². The van der Waals surface area contributed by atoms with E-state index in [9.17, 15) is 0 Å². The average molecular weight is 310 g/mol. The van der Waals surface area contributed by atoms with E-state index in [0.29, 0.717) is 0 Å². The largest absolute Gasteiger partial charge is 0.365 e. The Hall–Kier alpha value is -1.68. The Morgan fingerprint density at radius 2 is 1.43 bits per heavy atom. The zero-order valence-corrected chi connectivity index (χ0v) is 13.9. The van der Waals surface area contributed by atoms with Gasteiger partial charge in [-0.3, -0.25) is 4.90 Å². The lowest BCUT2D eigenvalue weighted by Gasteiger charge is -2.33. The highest BCUT2D eigenvalue weighted by molar-refractivity contribution is 5.35. The fraction of sp³-hybridized carbons (Fsp3) is 0.400. The van der Waals surface area contributed by atoms with E-state index in [1.807, 2.05) is 0 Å². The third-order valence-corrected chi connectivity index (χ3v) is 4.66. The van der Waals surface area contributed by atoms with Gasteiger partial charge in [0.1, 0.15) is 5.60 Å². The zero-order valence-electron chi connectivity index (χ0n) is 13.9. The third-order valence-electron chi connectivity index (χ3n) is 4.66. The second-order valence-electron chi connectivity index (χ2n) is 6.21. The molecule has 122 valence electrons. The van der Waals surface area contributed by atoms with Crippen LogP contribution in [0.25, 0.3) is 0 Å². The third kappa shape index (κ3) is 3.99. The van der Waals surface area contributed by atoms with Gasteiger partial charge in [0.25, 0.3) is 0 Å². The summed E-state index contributed by atoms with van der Waals surface area (Å²) in [5.74, 6) is 0. The van der Waals surface area contributed by atoms with Crippen LogP contribution < -0.4 is 5.32 Å². The SMILES string of the molecule is CC(OCCN1CCNCC1)(c1ccccc1)c1ccccc1. The quantitative estimate of drug-likeness (QED) is 0.888. The molecular weight excluding hydrogens is 284 g/mol. The molecule has 0 unspecified atom stereocenters. The molecule has 0 radical (unpaired) electrons. The van der Waals surface area contributed by atoms with Crippen molar-refractivity contribution in [1.29, 1.82) is 0 Å². The first-order valence-corrected chi connectivity index (χ1v) is 8.47. The minimum atomic E-state index is -0.406. The Bertz CT molecular complexity index is 540. The summed E-state index contributed by atoms with van der Waals surface area (Å²) in [6.07, 6.45) is 0. The lowest BCUT2D eigenvalue weighted by atomic mass is 9.88. The minimum Gasteiger partial charge on any atom is -0.365 e. The van der Waals surface area contributed by atoms with Gasteiger partial charge in [-0.25, -0.2) is 0 Å². The van der Waals surface area contributed by atoms with Gasteiger partial charge in [0.2, 0.25) is 0 Å². The summed E-state index contributed by atoms with van der Waals surface area (Å²) in [5.41, 5.74) is 1.99. The first-order valence-electron chi connectivity index (χ1n) is 8.47. The number of piperazine rings is 1. The van der Waals surface area contributed by atoms with Gasteiger partial charge in [0.05, 0.1) is 6.61 Å². The van der Waals surface area contributed by atoms with E-state index in [-0.39, 0.29) is 0 Å². The van der Waals surface area contributed by atoms with E-state index in [2.05, 4.69) is 77.8 Å². The predicted molar refractivity (Wildman–Crippen MR) is 94.6 cm³/mol. The fourth-order valence-electron chi connectivity index (χ4n) is 3.16. The van der Waals surface area contributed by atoms with E-state index in [1.165, 1.54) is 11.1 Å². The lowest BCUT2D eigenvalue weighted by molar-refractivity contribution is -0.0154. The van der Waals surface area contributed by atoms with Crippen molar-refractivity contribution in [3.8, 4) is 0 Å². The molecule has 0 amide bonds. The highest BCUT2D eigenvalue weighted by atomic mass is 16.5. The second-order valence-corrected chi connectivity index (χ2v) is 6.21. The molecule has 3 nitrogen and oxygen atoms in total. The standard InChI is InChI=1S/C20H26N2O/c1-20(18-8-4-2-5-9-18,19-10-6-3-7-11-19)23-17-16-22-14-12-21-13-15-22/h2-11,21H,12-17H2,1H3. The number of nitrogens with one attached hydrogen (secondary N) is 1. The fourth-order valence-corrected chi connectivity index (χ4v) is 3.16. The van der Waals surface area contributed by atoms with Crippen LogP contribution in [0.2, 0.25) is 0 Å². The molecule has 0 bridgehead atoms. The highest BCUT2D eigenvalue weighted by Crippen LogP contribution is 2.33. The molecule has 1 saturated heterocycles. The summed E-state index contributed by atoms with van der Waals surface area (Å²) in [5, 5.41) is 3.39. The molecule has 0 spiro atoms. The van der Waals surface area contributed by atoms with Gasteiger partial charge in [-0.15, -0.1) is 0 Å². The number of nitrogens with zero attached hydrogens (tertiary/aromatic N) is 1. The Balaban J connectivity index is 1.73. The predicted octanol–water partition coefficient (Wildman–Crippen LogP) is 2.87. The molecule has 1 N–H and O–H groups in total. The van der Waals surface area contributed by atoms with Crippen LogP contribution in [-0.4, -0.2) is 44.2 Å². The first kappa shape index (κ1) is 16.2. The number of hydrogen-bond acceptors (Lipinski definition) is 3. The topological polar surface area (TPSA) is 24.5 Å². The molecule has 0 aliphatic carbocycles. The van der Waals surface area contributed by atoms with Gasteiger partial charge >= 0.3 is 0 Å². The van der Waals surface area contributed by atoms with E-state index < -0.39 is 5.60 Å². The summed E-state index contributed by atoms with van der Waals surface area (Å²) in [7, 11) is 0. The zero-order chi connectivity index (χ0) is 16.0. The average Bonchev–Trinajstić information content (AvgIpc) is 2.64. The van der Waals surface area contributed by atoms with Crippen molar-refractivity contribution >= 4 is 0 Å². The van der Waals surface area contributed by atoms with Crippen molar-refractivity contribution in [1.82, 2.24) is 10.2 Å². The van der Waals surface area contributed by atoms with Crippen molar-refractivity contribution < 1.29 is 4.74 Å². The number of benzene rings is 2. The van der Waals surface area contributed by atoms with E-state index >= 15 is 0 Å². The Kier molecular flexibility index (Phi) is 5.44. The maximum absolute atomic E-state index is 6.44. The maximum atomic E-state index is 6.44. The van der Waals surface area contributed by atoms with E-state index in [0.717, 1.165) is 39.3 Å². The number of hydrogen-bond donors (Lipinski definition) is 1. The molecule has 3 heteroatoms. The molecule has 2 aromatic carbocycles. The molecule has 1 fully saturated rings. The van der Waals surface area contributed by atoms with Gasteiger partial charge in [-0.1, -0.05) is 60.7 Å². The lowest BCUT2D eigenvalue weighted by Crippen LogP contribution is -2.45. The molecular formula is C20H26N2O. The Morgan fingerprint density at radius 1 is 0.913 bits per heavy atom. The first-order chi connectivity index (χ1) is 11.3. The van der Waals surface area contributed by atoms with Crippen molar-refractivity contribution in [2.75, 3.05) is 39.3 Å². The monoisotopic (exact) mass is 310 g/mol. The second kappa shape index (κ2) is 7.73. The van der Waals surface area contributed by atoms with Crippen LogP contribution in [0.3, 0.4) is 0 Å². The van der Waals surface area contributed by atoms with Gasteiger partial charge in [-0.2, -0.15) is 0 Å². The van der Waals surface area contributed by atoms with Gasteiger partial charge < -0.3 is 10.1 Å². The summed E-state index contributed by atoms with van der Waals surface area (Å²) in [6.45, 7) is 8.27. The molecule has 0 aromatic heterocycles. The van der Waals surface area contributed by atoms with Crippen molar-refractivity contribution in [2.24, 2.45) is 0 Å². The summed E-state index contributed by atoms with van der Waals surface area (Å²) >= 11 is 0. The van der Waals surface area contributed by atoms with Crippen molar-refractivity contribution in [2.45, 2.75) is 12.5 Å². The smallest absolute Gasteiger partial charge is 0.115 e. The normalized spacial score (nSPS) is 16.4. The molecule has 0 atom stereocenters. The van der Waals surface area contributed by atoms with E-state index in [1.54, 1.807) is 0 Å². The van der Waals surface area contributed by atoms with Crippen molar-refractivity contribution in [3.63, 3.8) is 0 Å². The molecule has 2 aromatic rings. The van der Waals surface area contributed by atoms with Crippen LogP contribution in [0, 0.1) is 0 Å². The van der Waals surface area contributed by atoms with Crippen LogP contribution in [0.1, 0.15) is 18.1 Å². The minimum absolute atomic E-state index is 0.406. The van der Waals surface area contributed by atoms with Gasteiger partial charge in [-0.05, 0) is 18.1 Å². The molecule has 1 aliphatic heterocycles. The molecule has 23 heavy (non-hydrogen) atoms.